The maximum atomic E-state index is 11.6. The summed E-state index contributed by atoms with van der Waals surface area (Å²) in [5, 5.41) is 21.3. The van der Waals surface area contributed by atoms with Crippen LogP contribution in [0.15, 0.2) is 176 Å². The van der Waals surface area contributed by atoms with Crippen LogP contribution < -0.4 is 0 Å². The van der Waals surface area contributed by atoms with Crippen LogP contribution in [0, 0.1) is 0 Å². The average molecular weight is 599 g/mol. The number of phenolic OH excluding ortho intramolecular Hbond substituents is 1. The Kier molecular flexibility index (Phi) is 6.36. The summed E-state index contributed by atoms with van der Waals surface area (Å²) < 4.78 is 0. The van der Waals surface area contributed by atoms with Crippen molar-refractivity contribution in [3.63, 3.8) is 0 Å². The molecule has 0 radical (unpaired) electrons. The van der Waals surface area contributed by atoms with Crippen molar-refractivity contribution in [3.8, 4) is 50.3 Å². The molecule has 0 saturated carbocycles. The maximum absolute atomic E-state index is 11.6. The summed E-state index contributed by atoms with van der Waals surface area (Å²) in [5.74, 6) is 0.267. The monoisotopic (exact) mass is 598 g/mol. The molecule has 9 rings (SSSR count). The minimum atomic E-state index is 0.267. The lowest BCUT2D eigenvalue weighted by Crippen LogP contribution is -1.93. The zero-order chi connectivity index (χ0) is 31.3. The van der Waals surface area contributed by atoms with Crippen LogP contribution in [0.5, 0.6) is 5.75 Å². The Labute approximate surface area is 273 Å². The van der Waals surface area contributed by atoms with E-state index in [0.29, 0.717) is 0 Å². The van der Waals surface area contributed by atoms with Gasteiger partial charge in [-0.1, -0.05) is 152 Å². The Hall–Kier alpha value is -6.18. The second-order valence-electron chi connectivity index (χ2n) is 12.2. The first kappa shape index (κ1) is 27.2. The van der Waals surface area contributed by atoms with Crippen molar-refractivity contribution >= 4 is 43.1 Å². The molecule has 0 spiro atoms. The third-order valence-electron chi connectivity index (χ3n) is 9.54. The number of aromatic hydroxyl groups is 1. The lowest BCUT2D eigenvalue weighted by atomic mass is 9.84. The molecule has 9 aromatic rings. The van der Waals surface area contributed by atoms with Crippen LogP contribution in [-0.2, 0) is 0 Å². The lowest BCUT2D eigenvalue weighted by Gasteiger charge is -2.20. The predicted octanol–water partition coefficient (Wildman–Crippen LogP) is 12.7. The minimum absolute atomic E-state index is 0.267. The molecule has 0 atom stereocenters. The van der Waals surface area contributed by atoms with Gasteiger partial charge < -0.3 is 5.11 Å². The van der Waals surface area contributed by atoms with Crippen molar-refractivity contribution in [2.24, 2.45) is 0 Å². The first-order chi connectivity index (χ1) is 23.2. The molecule has 0 aromatic heterocycles. The van der Waals surface area contributed by atoms with Gasteiger partial charge in [-0.15, -0.1) is 0 Å². The van der Waals surface area contributed by atoms with Gasteiger partial charge in [-0.2, -0.15) is 0 Å². The van der Waals surface area contributed by atoms with E-state index in [9.17, 15) is 5.11 Å². The number of rotatable bonds is 4. The topological polar surface area (TPSA) is 20.2 Å². The van der Waals surface area contributed by atoms with Crippen LogP contribution >= 0.6 is 0 Å². The fraction of sp³-hybridized carbons (Fsp3) is 0. The Bertz CT molecular complexity index is 2630. The summed E-state index contributed by atoms with van der Waals surface area (Å²) in [7, 11) is 0. The van der Waals surface area contributed by atoms with E-state index in [-0.39, 0.29) is 5.75 Å². The molecule has 1 heteroatoms. The van der Waals surface area contributed by atoms with Gasteiger partial charge in [0.05, 0.1) is 0 Å². The van der Waals surface area contributed by atoms with Crippen LogP contribution in [-0.4, -0.2) is 5.11 Å². The standard InChI is InChI=1S/C46H30O/c47-44-26-25-32(31-16-12-17-33(27-31)42-29-34-15-4-5-18-35(34)36-19-6-7-22-39(36)42)28-43(44)46-41-24-11-9-21-38(41)37-20-8-10-23-40(37)45(46)30-13-2-1-3-14-30/h1-29,47H. The Balaban J connectivity index is 1.28. The van der Waals surface area contributed by atoms with Gasteiger partial charge in [0.1, 0.15) is 5.75 Å². The molecule has 0 fully saturated rings. The van der Waals surface area contributed by atoms with Crippen molar-refractivity contribution in [1.82, 2.24) is 0 Å². The van der Waals surface area contributed by atoms with Crippen molar-refractivity contribution in [2.45, 2.75) is 0 Å². The number of phenols is 1. The van der Waals surface area contributed by atoms with Crippen LogP contribution in [0.25, 0.3) is 87.6 Å². The highest BCUT2D eigenvalue weighted by Gasteiger charge is 2.20. The second kappa shape index (κ2) is 11.0. The zero-order valence-electron chi connectivity index (χ0n) is 25.7. The average Bonchev–Trinajstić information content (AvgIpc) is 3.14. The summed E-state index contributed by atoms with van der Waals surface area (Å²) in [5.41, 5.74) is 8.66. The summed E-state index contributed by atoms with van der Waals surface area (Å²) in [6.45, 7) is 0. The lowest BCUT2D eigenvalue weighted by molar-refractivity contribution is 0.477. The fourth-order valence-corrected chi connectivity index (χ4v) is 7.40. The van der Waals surface area contributed by atoms with Crippen LogP contribution in [0.2, 0.25) is 0 Å². The molecule has 47 heavy (non-hydrogen) atoms. The quantitative estimate of drug-likeness (QED) is 0.200. The predicted molar refractivity (Wildman–Crippen MR) is 200 cm³/mol. The summed E-state index contributed by atoms with van der Waals surface area (Å²) in [4.78, 5) is 0. The van der Waals surface area contributed by atoms with Gasteiger partial charge in [0.2, 0.25) is 0 Å². The zero-order valence-corrected chi connectivity index (χ0v) is 25.7. The minimum Gasteiger partial charge on any atom is -0.507 e. The van der Waals surface area contributed by atoms with Gasteiger partial charge in [-0.3, -0.25) is 0 Å². The number of benzene rings is 9. The van der Waals surface area contributed by atoms with Gasteiger partial charge in [0, 0.05) is 11.1 Å². The molecule has 9 aromatic carbocycles. The van der Waals surface area contributed by atoms with Gasteiger partial charge in [0.25, 0.3) is 0 Å². The summed E-state index contributed by atoms with van der Waals surface area (Å²) in [6.07, 6.45) is 0. The highest BCUT2D eigenvalue weighted by atomic mass is 16.3. The number of fused-ring (bicyclic) bond motifs is 6. The molecule has 0 aliphatic rings. The van der Waals surface area contributed by atoms with E-state index in [0.717, 1.165) is 38.8 Å². The Morgan fingerprint density at radius 1 is 0.277 bits per heavy atom. The number of hydrogen-bond acceptors (Lipinski definition) is 1. The molecule has 0 aliphatic heterocycles. The molecule has 0 bridgehead atoms. The molecule has 0 aliphatic carbocycles. The molecule has 0 heterocycles. The third-order valence-corrected chi connectivity index (χ3v) is 9.54. The largest absolute Gasteiger partial charge is 0.507 e. The molecule has 0 unspecified atom stereocenters. The molecule has 1 nitrogen and oxygen atoms in total. The molecule has 0 amide bonds. The van der Waals surface area contributed by atoms with Crippen molar-refractivity contribution in [3.05, 3.63) is 176 Å². The SMILES string of the molecule is Oc1ccc(-c2cccc(-c3cc4ccccc4c4ccccc34)c2)cc1-c1c(-c2ccccc2)c2ccccc2c2ccccc12. The Morgan fingerprint density at radius 3 is 1.51 bits per heavy atom. The molecular weight excluding hydrogens is 569 g/mol. The van der Waals surface area contributed by atoms with Crippen LogP contribution in [0.3, 0.4) is 0 Å². The van der Waals surface area contributed by atoms with Gasteiger partial charge in [-0.05, 0) is 101 Å². The summed E-state index contributed by atoms with van der Waals surface area (Å²) >= 11 is 0. The van der Waals surface area contributed by atoms with Crippen molar-refractivity contribution < 1.29 is 5.11 Å². The molecule has 1 N–H and O–H groups in total. The Morgan fingerprint density at radius 2 is 0.787 bits per heavy atom. The van der Waals surface area contributed by atoms with Gasteiger partial charge >= 0.3 is 0 Å². The van der Waals surface area contributed by atoms with E-state index >= 15 is 0 Å². The van der Waals surface area contributed by atoms with E-state index in [1.807, 2.05) is 12.1 Å². The molecule has 220 valence electrons. The first-order valence-corrected chi connectivity index (χ1v) is 16.1. The van der Waals surface area contributed by atoms with Crippen molar-refractivity contribution in [1.29, 1.82) is 0 Å². The van der Waals surface area contributed by atoms with Gasteiger partial charge in [-0.25, -0.2) is 0 Å². The maximum Gasteiger partial charge on any atom is 0.123 e. The number of hydrogen-bond donors (Lipinski definition) is 1. The highest BCUT2D eigenvalue weighted by Crippen LogP contribution is 2.48. The second-order valence-corrected chi connectivity index (χ2v) is 12.2. The first-order valence-electron chi connectivity index (χ1n) is 16.1. The fourth-order valence-electron chi connectivity index (χ4n) is 7.40. The van der Waals surface area contributed by atoms with Crippen LogP contribution in [0.4, 0.5) is 0 Å². The van der Waals surface area contributed by atoms with Crippen LogP contribution in [0.1, 0.15) is 0 Å². The molecular formula is C46H30O. The van der Waals surface area contributed by atoms with E-state index in [4.69, 9.17) is 0 Å². The van der Waals surface area contributed by atoms with Crippen molar-refractivity contribution in [2.75, 3.05) is 0 Å². The normalized spacial score (nSPS) is 11.5. The smallest absolute Gasteiger partial charge is 0.123 e. The van der Waals surface area contributed by atoms with E-state index in [1.54, 1.807) is 0 Å². The van der Waals surface area contributed by atoms with E-state index in [2.05, 4.69) is 164 Å². The van der Waals surface area contributed by atoms with E-state index in [1.165, 1.54) is 48.8 Å². The third kappa shape index (κ3) is 4.47. The highest BCUT2D eigenvalue weighted by molar-refractivity contribution is 6.22. The summed E-state index contributed by atoms with van der Waals surface area (Å²) in [6, 6.07) is 62.1. The van der Waals surface area contributed by atoms with Gasteiger partial charge in [0.15, 0.2) is 0 Å². The van der Waals surface area contributed by atoms with E-state index < -0.39 is 0 Å². The molecule has 0 saturated heterocycles.